The summed E-state index contributed by atoms with van der Waals surface area (Å²) in [6.07, 6.45) is 0. The van der Waals surface area contributed by atoms with Crippen LogP contribution in [0.5, 0.6) is 0 Å². The van der Waals surface area contributed by atoms with E-state index in [0.29, 0.717) is 5.56 Å². The molecule has 100 valence electrons. The van der Waals surface area contributed by atoms with Crippen molar-refractivity contribution in [2.24, 2.45) is 0 Å². The molecule has 0 saturated carbocycles. The number of hydrogen-bond donors (Lipinski definition) is 2. The topological polar surface area (TPSA) is 50.4 Å². The molecule has 0 unspecified atom stereocenters. The number of rotatable bonds is 2. The summed E-state index contributed by atoms with van der Waals surface area (Å²) in [6.45, 7) is 5.38. The van der Waals surface area contributed by atoms with Crippen molar-refractivity contribution < 1.29 is 18.4 Å². The fraction of sp³-hybridized carbons (Fsp3) is 0.417. The summed E-state index contributed by atoms with van der Waals surface area (Å²) in [6, 6.07) is 1.19. The largest absolute Gasteiger partial charge is 0.343 e. The molecule has 4 nitrogen and oxygen atoms in total. The van der Waals surface area contributed by atoms with E-state index in [2.05, 4.69) is 10.2 Å². The minimum Gasteiger partial charge on any atom is -0.303 e. The monoisotopic (exact) mass is 258 g/mol. The molecular weight excluding hydrogens is 242 g/mol. The van der Waals surface area contributed by atoms with Crippen molar-refractivity contribution >= 4 is 11.7 Å². The molecule has 0 aliphatic heterocycles. The zero-order chi connectivity index (χ0) is 13.9. The Morgan fingerprint density at radius 2 is 1.89 bits per heavy atom. The highest BCUT2D eigenvalue weighted by Crippen LogP contribution is 2.32. The van der Waals surface area contributed by atoms with Crippen LogP contribution in [0, 0.1) is 11.6 Å². The van der Waals surface area contributed by atoms with Gasteiger partial charge in [-0.1, -0.05) is 20.8 Å². The Kier molecular flexibility index (Phi) is 4.24. The number of hydroxylamine groups is 1. The van der Waals surface area contributed by atoms with Crippen molar-refractivity contribution in [1.82, 2.24) is 5.48 Å². The van der Waals surface area contributed by atoms with E-state index in [1.54, 1.807) is 20.8 Å². The van der Waals surface area contributed by atoms with Crippen LogP contribution < -0.4 is 10.8 Å². The van der Waals surface area contributed by atoms with Gasteiger partial charge in [0.2, 0.25) is 0 Å². The molecule has 0 saturated heterocycles. The fourth-order valence-corrected chi connectivity index (χ4v) is 1.52. The van der Waals surface area contributed by atoms with Crippen molar-refractivity contribution in [1.29, 1.82) is 0 Å². The number of amides is 2. The lowest BCUT2D eigenvalue weighted by Crippen LogP contribution is -2.29. The minimum atomic E-state index is -0.828. The molecule has 0 atom stereocenters. The van der Waals surface area contributed by atoms with Gasteiger partial charge in [-0.15, -0.1) is 0 Å². The molecule has 2 N–H and O–H groups in total. The zero-order valence-electron chi connectivity index (χ0n) is 10.7. The molecule has 1 rings (SSSR count). The summed E-state index contributed by atoms with van der Waals surface area (Å²) < 4.78 is 26.9. The van der Waals surface area contributed by atoms with Gasteiger partial charge in [-0.05, 0) is 17.0 Å². The summed E-state index contributed by atoms with van der Waals surface area (Å²) in [5, 5.41) is 2.30. The summed E-state index contributed by atoms with van der Waals surface area (Å²) in [4.78, 5) is 15.7. The number of carbonyl (C=O) groups excluding carboxylic acids is 1. The van der Waals surface area contributed by atoms with Crippen LogP contribution in [-0.2, 0) is 10.3 Å². The lowest BCUT2D eigenvalue weighted by Gasteiger charge is -2.23. The Morgan fingerprint density at radius 1 is 1.28 bits per heavy atom. The third-order valence-corrected chi connectivity index (χ3v) is 2.30. The second-order valence-electron chi connectivity index (χ2n) is 4.82. The van der Waals surface area contributed by atoms with Crippen LogP contribution in [0.25, 0.3) is 0 Å². The van der Waals surface area contributed by atoms with E-state index >= 15 is 0 Å². The van der Waals surface area contributed by atoms with E-state index in [-0.39, 0.29) is 5.69 Å². The quantitative estimate of drug-likeness (QED) is 0.801. The summed E-state index contributed by atoms with van der Waals surface area (Å²) in [5.74, 6) is -1.51. The lowest BCUT2D eigenvalue weighted by molar-refractivity contribution is 0.114. The second kappa shape index (κ2) is 5.30. The van der Waals surface area contributed by atoms with Crippen LogP contribution in [0.1, 0.15) is 26.3 Å². The van der Waals surface area contributed by atoms with Gasteiger partial charge in [0.05, 0.1) is 12.8 Å². The fourth-order valence-electron chi connectivity index (χ4n) is 1.52. The van der Waals surface area contributed by atoms with E-state index in [0.717, 1.165) is 6.07 Å². The first-order valence-electron chi connectivity index (χ1n) is 5.35. The first kappa shape index (κ1) is 14.4. The van der Waals surface area contributed by atoms with Crippen LogP contribution in [0.15, 0.2) is 12.1 Å². The number of carbonyl (C=O) groups is 1. The van der Waals surface area contributed by atoms with Crippen LogP contribution in [0.3, 0.4) is 0 Å². The molecule has 0 spiro atoms. The molecule has 2 amide bonds. The molecule has 0 heterocycles. The standard InChI is InChI=1S/C12H16F2N2O2/c1-12(2,3)8-5-7(13)6-9(14)10(8)15-11(17)16-18-4/h5-6H,1-4H3,(H2,15,16,17). The second-order valence-corrected chi connectivity index (χ2v) is 4.82. The maximum absolute atomic E-state index is 13.7. The minimum absolute atomic E-state index is 0.0570. The molecule has 0 radical (unpaired) electrons. The van der Waals surface area contributed by atoms with Gasteiger partial charge in [0.1, 0.15) is 11.6 Å². The van der Waals surface area contributed by atoms with Gasteiger partial charge in [0.15, 0.2) is 0 Å². The number of nitrogens with one attached hydrogen (secondary N) is 2. The predicted octanol–water partition coefficient (Wildman–Crippen LogP) is 2.95. The Hall–Kier alpha value is -1.69. The number of urea groups is 1. The van der Waals surface area contributed by atoms with Crippen LogP contribution in [0.4, 0.5) is 19.3 Å². The average Bonchev–Trinajstić information content (AvgIpc) is 2.20. The summed E-state index contributed by atoms with van der Waals surface area (Å²) in [7, 11) is 1.26. The average molecular weight is 258 g/mol. The van der Waals surface area contributed by atoms with Gasteiger partial charge in [-0.2, -0.15) is 0 Å². The van der Waals surface area contributed by atoms with E-state index in [4.69, 9.17) is 0 Å². The third kappa shape index (κ3) is 3.40. The van der Waals surface area contributed by atoms with Gasteiger partial charge >= 0.3 is 6.03 Å². The normalized spacial score (nSPS) is 11.2. The molecule has 0 aliphatic carbocycles. The van der Waals surface area contributed by atoms with Crippen molar-refractivity contribution in [2.75, 3.05) is 12.4 Å². The van der Waals surface area contributed by atoms with Crippen molar-refractivity contribution in [3.05, 3.63) is 29.3 Å². The summed E-state index contributed by atoms with van der Waals surface area (Å²) in [5.41, 5.74) is 1.80. The molecule has 0 fully saturated rings. The number of halogens is 2. The Labute approximate surface area is 104 Å². The molecule has 0 aliphatic rings. The Bertz CT molecular complexity index is 456. The van der Waals surface area contributed by atoms with Crippen LogP contribution in [-0.4, -0.2) is 13.1 Å². The molecular formula is C12H16F2N2O2. The van der Waals surface area contributed by atoms with Crippen LogP contribution in [0.2, 0.25) is 0 Å². The van der Waals surface area contributed by atoms with Gasteiger partial charge in [0.25, 0.3) is 0 Å². The van der Waals surface area contributed by atoms with Crippen LogP contribution >= 0.6 is 0 Å². The number of benzene rings is 1. The molecule has 6 heteroatoms. The molecule has 0 bridgehead atoms. The molecule has 18 heavy (non-hydrogen) atoms. The molecule has 1 aromatic carbocycles. The Balaban J connectivity index is 3.20. The van der Waals surface area contributed by atoms with Gasteiger partial charge in [0, 0.05) is 6.07 Å². The van der Waals surface area contributed by atoms with Crippen molar-refractivity contribution in [3.8, 4) is 0 Å². The van der Waals surface area contributed by atoms with E-state index in [1.165, 1.54) is 13.2 Å². The summed E-state index contributed by atoms with van der Waals surface area (Å²) >= 11 is 0. The first-order valence-corrected chi connectivity index (χ1v) is 5.35. The van der Waals surface area contributed by atoms with Crippen molar-refractivity contribution in [2.45, 2.75) is 26.2 Å². The predicted molar refractivity (Wildman–Crippen MR) is 64.2 cm³/mol. The molecule has 0 aromatic heterocycles. The van der Waals surface area contributed by atoms with E-state index < -0.39 is 23.1 Å². The lowest BCUT2D eigenvalue weighted by atomic mass is 9.85. The van der Waals surface area contributed by atoms with Gasteiger partial charge < -0.3 is 5.32 Å². The number of hydrogen-bond acceptors (Lipinski definition) is 2. The van der Waals surface area contributed by atoms with Gasteiger partial charge in [-0.3, -0.25) is 4.84 Å². The molecule has 1 aromatic rings. The maximum Gasteiger partial charge on any atom is 0.343 e. The SMILES string of the molecule is CONC(=O)Nc1c(F)cc(F)cc1C(C)(C)C. The zero-order valence-corrected chi connectivity index (χ0v) is 10.7. The smallest absolute Gasteiger partial charge is 0.303 e. The third-order valence-electron chi connectivity index (χ3n) is 2.30. The first-order chi connectivity index (χ1) is 8.25. The van der Waals surface area contributed by atoms with Crippen molar-refractivity contribution in [3.63, 3.8) is 0 Å². The van der Waals surface area contributed by atoms with E-state index in [9.17, 15) is 13.6 Å². The highest BCUT2D eigenvalue weighted by molar-refractivity contribution is 5.89. The maximum atomic E-state index is 13.7. The Morgan fingerprint density at radius 3 is 2.39 bits per heavy atom. The van der Waals surface area contributed by atoms with E-state index in [1.807, 2.05) is 5.48 Å². The highest BCUT2D eigenvalue weighted by Gasteiger charge is 2.23. The van der Waals surface area contributed by atoms with Gasteiger partial charge in [-0.25, -0.2) is 19.1 Å². The highest BCUT2D eigenvalue weighted by atomic mass is 19.1. The number of anilines is 1.